The maximum Gasteiger partial charge on any atom is 0.416 e. The molecular weight excluding hydrogens is 293 g/mol. The Labute approximate surface area is 125 Å². The lowest BCUT2D eigenvalue weighted by Gasteiger charge is -2.24. The molecule has 1 aromatic carbocycles. The van der Waals surface area contributed by atoms with Gasteiger partial charge in [0.25, 0.3) is 0 Å². The molecule has 1 N–H and O–H groups in total. The molecule has 2 aromatic rings. The molecule has 3 rings (SSSR count). The lowest BCUT2D eigenvalue weighted by atomic mass is 10.1. The number of aryl methyl sites for hydroxylation is 1. The molecule has 0 amide bonds. The van der Waals surface area contributed by atoms with Gasteiger partial charge in [0, 0.05) is 11.9 Å². The van der Waals surface area contributed by atoms with E-state index in [4.69, 9.17) is 0 Å². The normalized spacial score (nSPS) is 17.5. The minimum Gasteiger partial charge on any atom is -0.369 e. The van der Waals surface area contributed by atoms with Gasteiger partial charge < -0.3 is 14.7 Å². The van der Waals surface area contributed by atoms with E-state index in [-0.39, 0.29) is 0 Å². The monoisotopic (exact) mass is 306 g/mol. The first-order chi connectivity index (χ1) is 10.4. The Morgan fingerprint density at radius 3 is 2.41 bits per heavy atom. The Morgan fingerprint density at radius 2 is 1.82 bits per heavy atom. The summed E-state index contributed by atoms with van der Waals surface area (Å²) in [6.45, 7) is 1.90. The maximum atomic E-state index is 12.6. The third-order valence-electron chi connectivity index (χ3n) is 3.70. The van der Waals surface area contributed by atoms with Crippen molar-refractivity contribution in [1.82, 2.24) is 9.88 Å². The van der Waals surface area contributed by atoms with Crippen LogP contribution in [0.15, 0.2) is 36.4 Å². The summed E-state index contributed by atoms with van der Waals surface area (Å²) in [5.74, 6) is 0. The van der Waals surface area contributed by atoms with Crippen LogP contribution in [0.4, 0.5) is 13.2 Å². The maximum absolute atomic E-state index is 12.6. The van der Waals surface area contributed by atoms with Crippen LogP contribution in [0.2, 0.25) is 0 Å². The summed E-state index contributed by atoms with van der Waals surface area (Å²) in [4.78, 5) is 11.2. The highest BCUT2D eigenvalue weighted by Crippen LogP contribution is 2.31. The van der Waals surface area contributed by atoms with Gasteiger partial charge in [-0.05, 0) is 36.8 Å². The van der Waals surface area contributed by atoms with Crippen molar-refractivity contribution in [3.05, 3.63) is 58.9 Å². The van der Waals surface area contributed by atoms with Crippen molar-refractivity contribution in [3.8, 4) is 0 Å². The van der Waals surface area contributed by atoms with Crippen LogP contribution in [0.3, 0.4) is 0 Å². The topological polar surface area (TPSA) is 34.0 Å². The molecule has 114 valence electrons. The Hall–Kier alpha value is -2.50. The first kappa shape index (κ1) is 14.4. The zero-order valence-corrected chi connectivity index (χ0v) is 11.7. The molecule has 2 heterocycles. The molecular formula is C16H13F3N2O. The molecule has 22 heavy (non-hydrogen) atoms. The van der Waals surface area contributed by atoms with E-state index in [9.17, 15) is 18.0 Å². The van der Waals surface area contributed by atoms with Crippen LogP contribution in [0, 0.1) is 6.92 Å². The zero-order chi connectivity index (χ0) is 15.9. The average Bonchev–Trinajstić information content (AvgIpc) is 2.87. The number of benzene rings is 1. The van der Waals surface area contributed by atoms with Gasteiger partial charge in [-0.15, -0.1) is 0 Å². The summed E-state index contributed by atoms with van der Waals surface area (Å²) < 4.78 is 39.7. The van der Waals surface area contributed by atoms with Gasteiger partial charge in [0.15, 0.2) is 0 Å². The molecule has 3 nitrogen and oxygen atoms in total. The van der Waals surface area contributed by atoms with Crippen molar-refractivity contribution < 1.29 is 18.0 Å². The Morgan fingerprint density at radius 1 is 1.14 bits per heavy atom. The molecule has 1 unspecified atom stereocenters. The number of carbonyl (C=O) groups is 1. The number of aldehydes is 1. The first-order valence-electron chi connectivity index (χ1n) is 6.69. The summed E-state index contributed by atoms with van der Waals surface area (Å²) in [6.07, 6.45) is -1.79. The number of fused-ring (bicyclic) bond motifs is 1. The van der Waals surface area contributed by atoms with Gasteiger partial charge in [-0.1, -0.05) is 12.1 Å². The number of hydrogen-bond acceptors (Lipinski definition) is 2. The highest BCUT2D eigenvalue weighted by Gasteiger charge is 2.30. The van der Waals surface area contributed by atoms with Gasteiger partial charge in [-0.25, -0.2) is 0 Å². The second kappa shape index (κ2) is 5.05. The van der Waals surface area contributed by atoms with Crippen molar-refractivity contribution in [3.63, 3.8) is 0 Å². The largest absolute Gasteiger partial charge is 0.416 e. The van der Waals surface area contributed by atoms with Crippen LogP contribution in [0.1, 0.15) is 28.6 Å². The molecule has 0 bridgehead atoms. The van der Waals surface area contributed by atoms with Crippen LogP contribution in [0.25, 0.3) is 11.9 Å². The fourth-order valence-electron chi connectivity index (χ4n) is 2.51. The minimum absolute atomic E-state index is 0.518. The van der Waals surface area contributed by atoms with Gasteiger partial charge in [0.2, 0.25) is 0 Å². The van der Waals surface area contributed by atoms with E-state index in [1.165, 1.54) is 12.1 Å². The quantitative estimate of drug-likeness (QED) is 0.860. The zero-order valence-electron chi connectivity index (χ0n) is 11.7. The van der Waals surface area contributed by atoms with Crippen LogP contribution < -0.4 is 5.32 Å². The first-order valence-corrected chi connectivity index (χ1v) is 6.69. The molecule has 1 aliphatic heterocycles. The standard InChI is InChI=1S/C16H13F3N2O/c1-10-2-7-15-14(9-22)20-13(8-21(10)15)11-3-5-12(6-4-11)16(17,18)19/h2-9,14,20H,1H3. The van der Waals surface area contributed by atoms with Gasteiger partial charge >= 0.3 is 6.18 Å². The molecule has 1 aliphatic rings. The van der Waals surface area contributed by atoms with Gasteiger partial charge in [0.05, 0.1) is 17.0 Å². The second-order valence-corrected chi connectivity index (χ2v) is 5.15. The van der Waals surface area contributed by atoms with Crippen LogP contribution >= 0.6 is 0 Å². The number of hydrogen-bond donors (Lipinski definition) is 1. The predicted molar refractivity (Wildman–Crippen MR) is 76.7 cm³/mol. The van der Waals surface area contributed by atoms with E-state index >= 15 is 0 Å². The van der Waals surface area contributed by atoms with Crippen molar-refractivity contribution in [2.24, 2.45) is 0 Å². The molecule has 0 fully saturated rings. The van der Waals surface area contributed by atoms with E-state index in [0.717, 1.165) is 29.8 Å². The molecule has 1 atom stereocenters. The molecule has 1 aromatic heterocycles. The molecule has 6 heteroatoms. The SMILES string of the molecule is Cc1ccc2n1C=C(c1ccc(C(F)(F)F)cc1)NC2C=O. The number of carbonyl (C=O) groups excluding carboxylic acids is 1. The Kier molecular flexibility index (Phi) is 3.31. The third kappa shape index (κ3) is 2.41. The van der Waals surface area contributed by atoms with E-state index in [2.05, 4.69) is 5.32 Å². The summed E-state index contributed by atoms with van der Waals surface area (Å²) in [5, 5.41) is 3.04. The number of rotatable bonds is 2. The number of nitrogens with one attached hydrogen (secondary N) is 1. The summed E-state index contributed by atoms with van der Waals surface area (Å²) in [7, 11) is 0. The van der Waals surface area contributed by atoms with Crippen molar-refractivity contribution in [1.29, 1.82) is 0 Å². The van der Waals surface area contributed by atoms with Crippen molar-refractivity contribution in [2.75, 3.05) is 0 Å². The molecule has 0 radical (unpaired) electrons. The van der Waals surface area contributed by atoms with E-state index in [1.807, 2.05) is 23.6 Å². The number of halogens is 3. The van der Waals surface area contributed by atoms with Crippen molar-refractivity contribution in [2.45, 2.75) is 19.1 Å². The van der Waals surface area contributed by atoms with Gasteiger partial charge in [-0.3, -0.25) is 0 Å². The summed E-state index contributed by atoms with van der Waals surface area (Å²) in [5.41, 5.74) is 2.27. The second-order valence-electron chi connectivity index (χ2n) is 5.15. The Balaban J connectivity index is 2.00. The molecule has 0 spiro atoms. The van der Waals surface area contributed by atoms with Crippen molar-refractivity contribution >= 4 is 18.2 Å². The lowest BCUT2D eigenvalue weighted by molar-refractivity contribution is -0.137. The molecule has 0 aliphatic carbocycles. The van der Waals surface area contributed by atoms with E-state index in [0.29, 0.717) is 11.3 Å². The number of aromatic nitrogens is 1. The molecule has 0 saturated carbocycles. The smallest absolute Gasteiger partial charge is 0.369 e. The fourth-order valence-corrected chi connectivity index (χ4v) is 2.51. The highest BCUT2D eigenvalue weighted by molar-refractivity contribution is 5.80. The van der Waals surface area contributed by atoms with Crippen LogP contribution in [-0.4, -0.2) is 10.9 Å². The Bertz CT molecular complexity index is 742. The highest BCUT2D eigenvalue weighted by atomic mass is 19.4. The summed E-state index contributed by atoms with van der Waals surface area (Å²) >= 11 is 0. The van der Waals surface area contributed by atoms with Gasteiger partial charge in [-0.2, -0.15) is 13.2 Å². The number of alkyl halides is 3. The average molecular weight is 306 g/mol. The summed E-state index contributed by atoms with van der Waals surface area (Å²) in [6, 6.07) is 8.08. The minimum atomic E-state index is -4.36. The van der Waals surface area contributed by atoms with E-state index < -0.39 is 17.8 Å². The van der Waals surface area contributed by atoms with Gasteiger partial charge in [0.1, 0.15) is 12.3 Å². The predicted octanol–water partition coefficient (Wildman–Crippen LogP) is 3.61. The third-order valence-corrected chi connectivity index (χ3v) is 3.70. The molecule has 0 saturated heterocycles. The number of nitrogens with zero attached hydrogens (tertiary/aromatic N) is 1. The fraction of sp³-hybridized carbons (Fsp3) is 0.188. The lowest BCUT2D eigenvalue weighted by Crippen LogP contribution is -2.27. The van der Waals surface area contributed by atoms with E-state index in [1.54, 1.807) is 6.20 Å². The van der Waals surface area contributed by atoms with Crippen LogP contribution in [0.5, 0.6) is 0 Å². The van der Waals surface area contributed by atoms with Crippen LogP contribution in [-0.2, 0) is 11.0 Å².